The van der Waals surface area contributed by atoms with Gasteiger partial charge in [-0.15, -0.1) is 6.58 Å². The van der Waals surface area contributed by atoms with E-state index in [2.05, 4.69) is 27.5 Å². The van der Waals surface area contributed by atoms with E-state index in [1.54, 1.807) is 7.11 Å². The summed E-state index contributed by atoms with van der Waals surface area (Å²) in [5.41, 5.74) is 5.12. The molecule has 1 aromatic carbocycles. The molecule has 0 bridgehead atoms. The smallest absolute Gasteiger partial charge is 0.269 e. The molecule has 1 atom stereocenters. The molecule has 0 radical (unpaired) electrons. The number of hydrogen-bond acceptors (Lipinski definition) is 5. The zero-order chi connectivity index (χ0) is 18.9. The molecule has 0 heterocycles. The maximum absolute atomic E-state index is 12.1. The average molecular weight is 386 g/mol. The fourth-order valence-electron chi connectivity index (χ4n) is 1.79. The molecule has 10 heteroatoms. The number of nitrogens with one attached hydrogen (secondary N) is 4. The Labute approximate surface area is 153 Å². The standard InChI is InChI=1S/C15H22N4O4S2/c1-4-8-16-25(21,22)13-7-5-6-12(9-13)14(20)18-19-15(24)17-11(2)10-23-3/h4-7,9,11,16H,1,8,10H2,2-3H3,(H,18,20)(H2,17,19,24)/t11-/m0/s1. The molecule has 0 saturated carbocycles. The fraction of sp³-hybridized carbons (Fsp3) is 0.333. The molecule has 0 spiro atoms. The quantitative estimate of drug-likeness (QED) is 0.289. The molecular weight excluding hydrogens is 364 g/mol. The molecule has 4 N–H and O–H groups in total. The second-order valence-electron chi connectivity index (χ2n) is 5.08. The van der Waals surface area contributed by atoms with Crippen LogP contribution in [0.25, 0.3) is 0 Å². The van der Waals surface area contributed by atoms with Crippen molar-refractivity contribution < 1.29 is 17.9 Å². The van der Waals surface area contributed by atoms with Crippen LogP contribution in [0.4, 0.5) is 0 Å². The molecule has 8 nitrogen and oxygen atoms in total. The van der Waals surface area contributed by atoms with E-state index in [-0.39, 0.29) is 28.2 Å². The minimum absolute atomic E-state index is 0.0172. The van der Waals surface area contributed by atoms with Crippen molar-refractivity contribution >= 4 is 33.3 Å². The van der Waals surface area contributed by atoms with Gasteiger partial charge in [0.1, 0.15) is 0 Å². The summed E-state index contributed by atoms with van der Waals surface area (Å²) in [6.45, 7) is 5.86. The van der Waals surface area contributed by atoms with Crippen LogP contribution in [0.1, 0.15) is 17.3 Å². The van der Waals surface area contributed by atoms with Crippen LogP contribution in [0.2, 0.25) is 0 Å². The topological polar surface area (TPSA) is 109 Å². The zero-order valence-electron chi connectivity index (χ0n) is 14.0. The zero-order valence-corrected chi connectivity index (χ0v) is 15.7. The van der Waals surface area contributed by atoms with Gasteiger partial charge in [-0.2, -0.15) is 0 Å². The van der Waals surface area contributed by atoms with Gasteiger partial charge >= 0.3 is 0 Å². The van der Waals surface area contributed by atoms with E-state index < -0.39 is 15.9 Å². The summed E-state index contributed by atoms with van der Waals surface area (Å²) in [5.74, 6) is -0.524. The van der Waals surface area contributed by atoms with Crippen molar-refractivity contribution in [2.75, 3.05) is 20.3 Å². The summed E-state index contributed by atoms with van der Waals surface area (Å²) in [6, 6.07) is 5.61. The Balaban J connectivity index is 2.69. The number of benzene rings is 1. The van der Waals surface area contributed by atoms with Crippen molar-refractivity contribution in [3.8, 4) is 0 Å². The van der Waals surface area contributed by atoms with Gasteiger partial charge < -0.3 is 10.1 Å². The number of methoxy groups -OCH3 is 1. The van der Waals surface area contributed by atoms with Crippen LogP contribution in [0, 0.1) is 0 Å². The normalized spacial score (nSPS) is 12.1. The molecule has 1 rings (SSSR count). The number of ether oxygens (including phenoxy) is 1. The predicted octanol–water partition coefficient (Wildman–Crippen LogP) is 0.295. The van der Waals surface area contributed by atoms with E-state index in [4.69, 9.17) is 17.0 Å². The summed E-state index contributed by atoms with van der Waals surface area (Å²) >= 11 is 5.04. The molecule has 0 fully saturated rings. The van der Waals surface area contributed by atoms with Crippen molar-refractivity contribution in [3.05, 3.63) is 42.5 Å². The molecular formula is C15H22N4O4S2. The summed E-state index contributed by atoms with van der Waals surface area (Å²) in [5, 5.41) is 3.13. The van der Waals surface area contributed by atoms with Crippen molar-refractivity contribution in [3.63, 3.8) is 0 Å². The number of hydrogen-bond donors (Lipinski definition) is 4. The first-order valence-corrected chi connectivity index (χ1v) is 9.25. The molecule has 0 aliphatic rings. The monoisotopic (exact) mass is 386 g/mol. The lowest BCUT2D eigenvalue weighted by Gasteiger charge is -2.16. The highest BCUT2D eigenvalue weighted by molar-refractivity contribution is 7.89. The fourth-order valence-corrected chi connectivity index (χ4v) is 3.09. The molecule has 0 aliphatic heterocycles. The van der Waals surface area contributed by atoms with Gasteiger partial charge in [-0.05, 0) is 37.3 Å². The Morgan fingerprint density at radius 2 is 2.12 bits per heavy atom. The Morgan fingerprint density at radius 3 is 2.76 bits per heavy atom. The van der Waals surface area contributed by atoms with Gasteiger partial charge in [0, 0.05) is 25.3 Å². The van der Waals surface area contributed by atoms with Crippen LogP contribution in [-0.4, -0.2) is 45.7 Å². The molecule has 1 amide bonds. The molecule has 0 aromatic heterocycles. The molecule has 0 aliphatic carbocycles. The van der Waals surface area contributed by atoms with Crippen LogP contribution in [0.5, 0.6) is 0 Å². The number of carbonyl (C=O) groups is 1. The summed E-state index contributed by atoms with van der Waals surface area (Å²) in [6.07, 6.45) is 1.43. The average Bonchev–Trinajstić information content (AvgIpc) is 2.58. The van der Waals surface area contributed by atoms with Crippen molar-refractivity contribution in [1.29, 1.82) is 0 Å². The molecule has 138 valence electrons. The van der Waals surface area contributed by atoms with Crippen LogP contribution in [0.15, 0.2) is 41.8 Å². The number of sulfonamides is 1. The molecule has 25 heavy (non-hydrogen) atoms. The van der Waals surface area contributed by atoms with E-state index in [9.17, 15) is 13.2 Å². The van der Waals surface area contributed by atoms with E-state index in [0.717, 1.165) is 0 Å². The molecule has 0 unspecified atom stereocenters. The lowest BCUT2D eigenvalue weighted by Crippen LogP contribution is -2.49. The summed E-state index contributed by atoms with van der Waals surface area (Å²) in [7, 11) is -2.13. The maximum atomic E-state index is 12.1. The number of amides is 1. The second-order valence-corrected chi connectivity index (χ2v) is 7.25. The Morgan fingerprint density at radius 1 is 1.40 bits per heavy atom. The lowest BCUT2D eigenvalue weighted by atomic mass is 10.2. The third kappa shape index (κ3) is 7.18. The van der Waals surface area contributed by atoms with E-state index in [0.29, 0.717) is 6.61 Å². The van der Waals surface area contributed by atoms with Gasteiger partial charge in [-0.3, -0.25) is 15.6 Å². The van der Waals surface area contributed by atoms with Gasteiger partial charge in [0.05, 0.1) is 11.5 Å². The minimum Gasteiger partial charge on any atom is -0.383 e. The summed E-state index contributed by atoms with van der Waals surface area (Å²) < 4.78 is 31.4. The highest BCUT2D eigenvalue weighted by Crippen LogP contribution is 2.11. The lowest BCUT2D eigenvalue weighted by molar-refractivity contribution is 0.0943. The Bertz CT molecular complexity index is 722. The number of hydrazine groups is 1. The first-order chi connectivity index (χ1) is 11.8. The van der Waals surface area contributed by atoms with Crippen LogP contribution in [-0.2, 0) is 14.8 Å². The van der Waals surface area contributed by atoms with Gasteiger partial charge in [0.25, 0.3) is 5.91 Å². The van der Waals surface area contributed by atoms with E-state index in [1.807, 2.05) is 6.92 Å². The van der Waals surface area contributed by atoms with Gasteiger partial charge in [-0.25, -0.2) is 13.1 Å². The van der Waals surface area contributed by atoms with Crippen molar-refractivity contribution in [2.24, 2.45) is 0 Å². The predicted molar refractivity (Wildman–Crippen MR) is 99.5 cm³/mol. The Kier molecular flexibility index (Phi) is 8.49. The van der Waals surface area contributed by atoms with E-state index in [1.165, 1.54) is 30.3 Å². The minimum atomic E-state index is -3.71. The maximum Gasteiger partial charge on any atom is 0.269 e. The van der Waals surface area contributed by atoms with Crippen molar-refractivity contribution in [1.82, 2.24) is 20.9 Å². The third-order valence-electron chi connectivity index (χ3n) is 2.91. The highest BCUT2D eigenvalue weighted by Gasteiger charge is 2.15. The second kappa shape index (κ2) is 10.1. The first kappa shape index (κ1) is 21.0. The van der Waals surface area contributed by atoms with Crippen LogP contribution in [0.3, 0.4) is 0 Å². The number of rotatable bonds is 8. The SMILES string of the molecule is C=CCNS(=O)(=O)c1cccc(C(=O)NNC(=S)N[C@@H](C)COC)c1. The first-order valence-electron chi connectivity index (χ1n) is 7.36. The van der Waals surface area contributed by atoms with Crippen LogP contribution < -0.4 is 20.9 Å². The van der Waals surface area contributed by atoms with Crippen LogP contribution >= 0.6 is 12.2 Å². The largest absolute Gasteiger partial charge is 0.383 e. The third-order valence-corrected chi connectivity index (χ3v) is 4.55. The van der Waals surface area contributed by atoms with Crippen molar-refractivity contribution in [2.45, 2.75) is 17.9 Å². The molecule has 1 aromatic rings. The number of carbonyl (C=O) groups excluding carboxylic acids is 1. The van der Waals surface area contributed by atoms with Gasteiger partial charge in [-0.1, -0.05) is 12.1 Å². The molecule has 0 saturated heterocycles. The number of thiocarbonyl (C=S) groups is 1. The highest BCUT2D eigenvalue weighted by atomic mass is 32.2. The van der Waals surface area contributed by atoms with Gasteiger partial charge in [0.15, 0.2) is 5.11 Å². The van der Waals surface area contributed by atoms with E-state index >= 15 is 0 Å². The Hall–Kier alpha value is -2.01. The summed E-state index contributed by atoms with van der Waals surface area (Å²) in [4.78, 5) is 12.1. The van der Waals surface area contributed by atoms with Gasteiger partial charge in [0.2, 0.25) is 10.0 Å².